The van der Waals surface area contributed by atoms with Crippen LogP contribution in [0.3, 0.4) is 0 Å². The number of hydrogen-bond donors (Lipinski definition) is 0. The fourth-order valence-corrected chi connectivity index (χ4v) is 3.50. The first kappa shape index (κ1) is 18.4. The van der Waals surface area contributed by atoms with Gasteiger partial charge in [0, 0.05) is 28.5 Å². The molecule has 0 aliphatic heterocycles. The van der Waals surface area contributed by atoms with E-state index in [2.05, 4.69) is 9.98 Å². The molecule has 0 fully saturated rings. The Labute approximate surface area is 163 Å². The quantitative estimate of drug-likeness (QED) is 0.289. The van der Waals surface area contributed by atoms with Gasteiger partial charge in [-0.1, -0.05) is 47.1 Å². The van der Waals surface area contributed by atoms with Crippen LogP contribution in [0.1, 0.15) is 5.56 Å². The monoisotopic (exact) mass is 403 g/mol. The Kier molecular flexibility index (Phi) is 5.88. The molecule has 5 nitrogen and oxygen atoms in total. The van der Waals surface area contributed by atoms with Crippen LogP contribution < -0.4 is 0 Å². The van der Waals surface area contributed by atoms with Gasteiger partial charge in [0.05, 0.1) is 15.5 Å². The van der Waals surface area contributed by atoms with Gasteiger partial charge < -0.3 is 0 Å². The SMILES string of the molecule is O=[N+]([O-])c1cc(/C=N/c2cc(Cl)cc(Cl)c2)ccc1Sc1ccccn1. The third kappa shape index (κ3) is 4.82. The zero-order chi connectivity index (χ0) is 18.5. The maximum Gasteiger partial charge on any atom is 0.283 e. The molecular formula is C18H11Cl2N3O2S. The summed E-state index contributed by atoms with van der Waals surface area (Å²) in [6.45, 7) is 0. The number of nitro groups is 1. The molecule has 8 heteroatoms. The van der Waals surface area contributed by atoms with Crippen molar-refractivity contribution in [3.63, 3.8) is 0 Å². The third-order valence-electron chi connectivity index (χ3n) is 3.24. The van der Waals surface area contributed by atoms with E-state index in [0.29, 0.717) is 31.2 Å². The highest BCUT2D eigenvalue weighted by Crippen LogP contribution is 2.34. The summed E-state index contributed by atoms with van der Waals surface area (Å²) in [6, 6.07) is 15.3. The Hall–Kier alpha value is -2.41. The van der Waals surface area contributed by atoms with Crippen LogP contribution in [0.5, 0.6) is 0 Å². The largest absolute Gasteiger partial charge is 0.283 e. The maximum atomic E-state index is 11.4. The standard InChI is InChI=1S/C18H11Cl2N3O2S/c19-13-8-14(20)10-15(9-13)22-11-12-4-5-17(16(7-12)23(24)25)26-18-3-1-2-6-21-18/h1-11H/b22-11+. The number of benzene rings is 2. The third-order valence-corrected chi connectivity index (χ3v) is 4.69. The van der Waals surface area contributed by atoms with E-state index < -0.39 is 4.92 Å². The summed E-state index contributed by atoms with van der Waals surface area (Å²) in [5, 5.41) is 13.0. The number of aliphatic imine (C=N–C) groups is 1. The first-order valence-electron chi connectivity index (χ1n) is 7.39. The van der Waals surface area contributed by atoms with Crippen molar-refractivity contribution in [1.82, 2.24) is 4.98 Å². The summed E-state index contributed by atoms with van der Waals surface area (Å²) < 4.78 is 0. The van der Waals surface area contributed by atoms with Gasteiger partial charge >= 0.3 is 0 Å². The number of nitro benzene ring substituents is 1. The van der Waals surface area contributed by atoms with E-state index in [0.717, 1.165) is 0 Å². The molecule has 0 amide bonds. The molecule has 0 saturated carbocycles. The lowest BCUT2D eigenvalue weighted by Crippen LogP contribution is -1.93. The van der Waals surface area contributed by atoms with Crippen molar-refractivity contribution >= 4 is 52.6 Å². The Morgan fingerprint density at radius 2 is 1.85 bits per heavy atom. The van der Waals surface area contributed by atoms with E-state index in [1.54, 1.807) is 48.7 Å². The molecule has 130 valence electrons. The number of aromatic nitrogens is 1. The van der Waals surface area contributed by atoms with E-state index in [1.807, 2.05) is 6.07 Å². The molecule has 2 aromatic carbocycles. The highest BCUT2D eigenvalue weighted by Gasteiger charge is 2.15. The van der Waals surface area contributed by atoms with Crippen LogP contribution in [0.2, 0.25) is 10.0 Å². The molecule has 0 aliphatic rings. The molecule has 0 N–H and O–H groups in total. The van der Waals surface area contributed by atoms with Crippen LogP contribution in [0.4, 0.5) is 11.4 Å². The van der Waals surface area contributed by atoms with Crippen molar-refractivity contribution in [3.8, 4) is 0 Å². The summed E-state index contributed by atoms with van der Waals surface area (Å²) in [5.74, 6) is 0. The minimum absolute atomic E-state index is 0.00581. The Bertz CT molecular complexity index is 961. The van der Waals surface area contributed by atoms with Crippen LogP contribution in [0.25, 0.3) is 0 Å². The molecule has 0 saturated heterocycles. The van der Waals surface area contributed by atoms with Gasteiger partial charge in [-0.05, 0) is 42.0 Å². The Morgan fingerprint density at radius 1 is 1.08 bits per heavy atom. The van der Waals surface area contributed by atoms with Crippen LogP contribution in [-0.2, 0) is 0 Å². The predicted molar refractivity (Wildman–Crippen MR) is 105 cm³/mol. The zero-order valence-electron chi connectivity index (χ0n) is 13.2. The van der Waals surface area contributed by atoms with Crippen molar-refractivity contribution < 1.29 is 4.92 Å². The minimum Gasteiger partial charge on any atom is -0.258 e. The number of pyridine rings is 1. The first-order valence-corrected chi connectivity index (χ1v) is 8.96. The van der Waals surface area contributed by atoms with Gasteiger partial charge in [-0.15, -0.1) is 0 Å². The average molecular weight is 404 g/mol. The lowest BCUT2D eigenvalue weighted by Gasteiger charge is -2.03. The van der Waals surface area contributed by atoms with E-state index in [1.165, 1.54) is 24.0 Å². The van der Waals surface area contributed by atoms with E-state index in [-0.39, 0.29) is 5.69 Å². The van der Waals surface area contributed by atoms with Crippen molar-refractivity contribution in [2.24, 2.45) is 4.99 Å². The molecule has 0 aliphatic carbocycles. The summed E-state index contributed by atoms with van der Waals surface area (Å²) in [5.41, 5.74) is 1.16. The molecule has 0 radical (unpaired) electrons. The van der Waals surface area contributed by atoms with Gasteiger partial charge in [0.15, 0.2) is 0 Å². The number of hydrogen-bond acceptors (Lipinski definition) is 5. The molecule has 0 spiro atoms. The number of rotatable bonds is 5. The number of nitrogens with zero attached hydrogens (tertiary/aromatic N) is 3. The maximum absolute atomic E-state index is 11.4. The zero-order valence-corrected chi connectivity index (χ0v) is 15.5. The molecule has 0 unspecified atom stereocenters. The summed E-state index contributed by atoms with van der Waals surface area (Å²) in [6.07, 6.45) is 3.18. The van der Waals surface area contributed by atoms with Gasteiger partial charge in [0.25, 0.3) is 5.69 Å². The Morgan fingerprint density at radius 3 is 2.50 bits per heavy atom. The highest BCUT2D eigenvalue weighted by atomic mass is 35.5. The van der Waals surface area contributed by atoms with Crippen molar-refractivity contribution in [1.29, 1.82) is 0 Å². The topological polar surface area (TPSA) is 68.4 Å². The lowest BCUT2D eigenvalue weighted by atomic mass is 10.2. The van der Waals surface area contributed by atoms with Crippen LogP contribution >= 0.6 is 35.0 Å². The molecule has 3 rings (SSSR count). The van der Waals surface area contributed by atoms with Crippen LogP contribution in [0.15, 0.2) is 75.7 Å². The summed E-state index contributed by atoms with van der Waals surface area (Å²) in [4.78, 5) is 20.0. The lowest BCUT2D eigenvalue weighted by molar-refractivity contribution is -0.387. The van der Waals surface area contributed by atoms with Gasteiger partial charge in [0.2, 0.25) is 0 Å². The second-order valence-electron chi connectivity index (χ2n) is 5.14. The van der Waals surface area contributed by atoms with Crippen molar-refractivity contribution in [2.75, 3.05) is 0 Å². The molecule has 0 atom stereocenters. The predicted octanol–water partition coefficient (Wildman–Crippen LogP) is 6.20. The fraction of sp³-hybridized carbons (Fsp3) is 0. The average Bonchev–Trinajstić information content (AvgIpc) is 2.61. The second-order valence-corrected chi connectivity index (χ2v) is 7.08. The normalized spacial score (nSPS) is 11.0. The summed E-state index contributed by atoms with van der Waals surface area (Å²) in [7, 11) is 0. The van der Waals surface area contributed by atoms with Gasteiger partial charge in [-0.3, -0.25) is 15.1 Å². The van der Waals surface area contributed by atoms with Crippen LogP contribution in [-0.4, -0.2) is 16.1 Å². The highest BCUT2D eigenvalue weighted by molar-refractivity contribution is 7.99. The van der Waals surface area contributed by atoms with Gasteiger partial charge in [-0.25, -0.2) is 4.98 Å². The second kappa shape index (κ2) is 8.31. The smallest absolute Gasteiger partial charge is 0.258 e. The number of halogens is 2. The molecule has 1 aromatic heterocycles. The molecule has 26 heavy (non-hydrogen) atoms. The Balaban J connectivity index is 1.88. The fourth-order valence-electron chi connectivity index (χ4n) is 2.13. The molecule has 3 aromatic rings. The molecular weight excluding hydrogens is 393 g/mol. The van der Waals surface area contributed by atoms with E-state index in [4.69, 9.17) is 23.2 Å². The van der Waals surface area contributed by atoms with Gasteiger partial charge in [0.1, 0.15) is 5.03 Å². The first-order chi connectivity index (χ1) is 12.5. The summed E-state index contributed by atoms with van der Waals surface area (Å²) >= 11 is 13.1. The van der Waals surface area contributed by atoms with Crippen LogP contribution in [0, 0.1) is 10.1 Å². The molecule has 0 bridgehead atoms. The van der Waals surface area contributed by atoms with E-state index >= 15 is 0 Å². The van der Waals surface area contributed by atoms with E-state index in [9.17, 15) is 10.1 Å². The van der Waals surface area contributed by atoms with Gasteiger partial charge in [-0.2, -0.15) is 0 Å². The van der Waals surface area contributed by atoms with Crippen molar-refractivity contribution in [3.05, 3.63) is 86.5 Å². The minimum atomic E-state index is -0.418. The molecule has 1 heterocycles. The van der Waals surface area contributed by atoms with Crippen molar-refractivity contribution in [2.45, 2.75) is 9.92 Å².